The number of rotatable bonds is 5. The van der Waals surface area contributed by atoms with E-state index in [1.807, 2.05) is 20.8 Å². The standard InChI is InChI=1S/C17H31NO2S/c1-11(2)12(3)21(19,20)10-16(18)17-7-13-4-14(8-17)6-15(5-13)9-17/h11-16H,4-10,18H2,1-3H3. The van der Waals surface area contributed by atoms with Crippen LogP contribution in [-0.4, -0.2) is 25.5 Å². The van der Waals surface area contributed by atoms with Gasteiger partial charge >= 0.3 is 0 Å². The summed E-state index contributed by atoms with van der Waals surface area (Å²) in [5.41, 5.74) is 6.66. The first-order chi connectivity index (χ1) is 9.72. The van der Waals surface area contributed by atoms with E-state index in [0.29, 0.717) is 0 Å². The number of hydrogen-bond donors (Lipinski definition) is 1. The summed E-state index contributed by atoms with van der Waals surface area (Å²) in [6.07, 6.45) is 7.69. The van der Waals surface area contributed by atoms with Crippen molar-refractivity contribution in [2.75, 3.05) is 5.75 Å². The molecule has 4 aliphatic carbocycles. The van der Waals surface area contributed by atoms with Gasteiger partial charge < -0.3 is 5.73 Å². The van der Waals surface area contributed by atoms with Gasteiger partial charge in [-0.05, 0) is 74.5 Å². The van der Waals surface area contributed by atoms with Gasteiger partial charge in [0.2, 0.25) is 0 Å². The van der Waals surface area contributed by atoms with E-state index >= 15 is 0 Å². The highest BCUT2D eigenvalue weighted by molar-refractivity contribution is 7.92. The van der Waals surface area contributed by atoms with Crippen molar-refractivity contribution < 1.29 is 8.42 Å². The number of sulfone groups is 1. The second-order valence-corrected chi connectivity index (χ2v) is 11.1. The summed E-state index contributed by atoms with van der Waals surface area (Å²) in [6, 6.07) is -0.155. The average Bonchev–Trinajstić information content (AvgIpc) is 2.35. The highest BCUT2D eigenvalue weighted by atomic mass is 32.2. The highest BCUT2D eigenvalue weighted by Gasteiger charge is 2.54. The second-order valence-electron chi connectivity index (χ2n) is 8.67. The SMILES string of the molecule is CC(C)C(C)S(=O)(=O)CC(N)C12CC3CC(CC(C3)C1)C2. The zero-order valence-corrected chi connectivity index (χ0v) is 14.5. The van der Waals surface area contributed by atoms with E-state index in [0.717, 1.165) is 17.8 Å². The van der Waals surface area contributed by atoms with Crippen LogP contribution in [0.3, 0.4) is 0 Å². The number of hydrogen-bond acceptors (Lipinski definition) is 3. The van der Waals surface area contributed by atoms with Crippen LogP contribution in [0.2, 0.25) is 0 Å². The third-order valence-electron chi connectivity index (χ3n) is 6.79. The lowest BCUT2D eigenvalue weighted by atomic mass is 9.48. The van der Waals surface area contributed by atoms with Crippen molar-refractivity contribution in [2.45, 2.75) is 70.6 Å². The fraction of sp³-hybridized carbons (Fsp3) is 1.00. The van der Waals surface area contributed by atoms with E-state index in [1.54, 1.807) is 0 Å². The zero-order valence-electron chi connectivity index (χ0n) is 13.7. The van der Waals surface area contributed by atoms with E-state index in [4.69, 9.17) is 5.73 Å². The van der Waals surface area contributed by atoms with Gasteiger partial charge in [0.25, 0.3) is 0 Å². The zero-order chi connectivity index (χ0) is 15.4. The third kappa shape index (κ3) is 2.78. The van der Waals surface area contributed by atoms with Crippen LogP contribution >= 0.6 is 0 Å². The van der Waals surface area contributed by atoms with Crippen LogP contribution in [0.25, 0.3) is 0 Å². The van der Waals surface area contributed by atoms with Gasteiger partial charge in [-0.3, -0.25) is 0 Å². The Kier molecular flexibility index (Phi) is 3.93. The lowest BCUT2D eigenvalue weighted by Gasteiger charge is -2.59. The first kappa shape index (κ1) is 15.8. The van der Waals surface area contributed by atoms with Gasteiger partial charge in [-0.2, -0.15) is 0 Å². The van der Waals surface area contributed by atoms with Gasteiger partial charge in [-0.15, -0.1) is 0 Å². The molecule has 0 spiro atoms. The summed E-state index contributed by atoms with van der Waals surface area (Å²) >= 11 is 0. The van der Waals surface area contributed by atoms with Crippen LogP contribution in [-0.2, 0) is 9.84 Å². The molecule has 0 heterocycles. The van der Waals surface area contributed by atoms with Gasteiger partial charge in [0.15, 0.2) is 9.84 Å². The third-order valence-corrected chi connectivity index (χ3v) is 9.29. The molecule has 2 unspecified atom stereocenters. The molecule has 4 rings (SSSR count). The van der Waals surface area contributed by atoms with Crippen LogP contribution in [0, 0.1) is 29.1 Å². The van der Waals surface area contributed by atoms with Crippen molar-refractivity contribution in [1.29, 1.82) is 0 Å². The van der Waals surface area contributed by atoms with Crippen molar-refractivity contribution in [3.05, 3.63) is 0 Å². The Labute approximate surface area is 130 Å². The fourth-order valence-electron chi connectivity index (χ4n) is 5.63. The van der Waals surface area contributed by atoms with Gasteiger partial charge in [-0.25, -0.2) is 8.42 Å². The van der Waals surface area contributed by atoms with Crippen molar-refractivity contribution >= 4 is 9.84 Å². The van der Waals surface area contributed by atoms with Crippen molar-refractivity contribution in [3.63, 3.8) is 0 Å². The maximum Gasteiger partial charge on any atom is 0.154 e. The van der Waals surface area contributed by atoms with E-state index in [9.17, 15) is 8.42 Å². The molecule has 2 N–H and O–H groups in total. The molecule has 0 aliphatic heterocycles. The minimum absolute atomic E-state index is 0.137. The average molecular weight is 314 g/mol. The molecule has 0 aromatic carbocycles. The Morgan fingerprint density at radius 2 is 1.43 bits per heavy atom. The van der Waals surface area contributed by atoms with Crippen LogP contribution in [0.5, 0.6) is 0 Å². The monoisotopic (exact) mass is 313 g/mol. The molecule has 2 atom stereocenters. The Hall–Kier alpha value is -0.0900. The lowest BCUT2D eigenvalue weighted by molar-refractivity contribution is -0.0632. The van der Waals surface area contributed by atoms with E-state index in [2.05, 4.69) is 0 Å². The molecule has 4 fully saturated rings. The number of nitrogens with two attached hydrogens (primary N) is 1. The maximum absolute atomic E-state index is 12.6. The quantitative estimate of drug-likeness (QED) is 0.849. The molecule has 4 bridgehead atoms. The molecule has 4 heteroatoms. The Balaban J connectivity index is 1.75. The molecule has 21 heavy (non-hydrogen) atoms. The van der Waals surface area contributed by atoms with Crippen LogP contribution in [0.1, 0.15) is 59.3 Å². The van der Waals surface area contributed by atoms with Crippen molar-refractivity contribution in [1.82, 2.24) is 0 Å². The normalized spacial score (nSPS) is 41.5. The second kappa shape index (κ2) is 5.23. The van der Waals surface area contributed by atoms with E-state index in [1.165, 1.54) is 38.5 Å². The molecule has 0 aromatic heterocycles. The van der Waals surface area contributed by atoms with Crippen molar-refractivity contribution in [2.24, 2.45) is 34.8 Å². The molecule has 0 aromatic rings. The lowest BCUT2D eigenvalue weighted by Crippen LogP contribution is -2.57. The Bertz CT molecular complexity index is 462. The summed E-state index contributed by atoms with van der Waals surface area (Å²) in [4.78, 5) is 0. The van der Waals surface area contributed by atoms with Crippen molar-refractivity contribution in [3.8, 4) is 0 Å². The maximum atomic E-state index is 12.6. The highest BCUT2D eigenvalue weighted by Crippen LogP contribution is 2.61. The van der Waals surface area contributed by atoms with E-state index < -0.39 is 9.84 Å². The van der Waals surface area contributed by atoms with E-state index in [-0.39, 0.29) is 28.4 Å². The van der Waals surface area contributed by atoms with Gasteiger partial charge in [0, 0.05) is 6.04 Å². The molecule has 3 nitrogen and oxygen atoms in total. The predicted molar refractivity (Wildman–Crippen MR) is 86.7 cm³/mol. The molecule has 122 valence electrons. The summed E-state index contributed by atoms with van der Waals surface area (Å²) in [6.45, 7) is 5.81. The Morgan fingerprint density at radius 1 is 1.00 bits per heavy atom. The molecular weight excluding hydrogens is 282 g/mol. The summed E-state index contributed by atoms with van der Waals surface area (Å²) in [5.74, 6) is 2.84. The Morgan fingerprint density at radius 3 is 1.81 bits per heavy atom. The minimum atomic E-state index is -3.08. The van der Waals surface area contributed by atoms with Gasteiger partial charge in [-0.1, -0.05) is 13.8 Å². The minimum Gasteiger partial charge on any atom is -0.326 e. The first-order valence-electron chi connectivity index (χ1n) is 8.69. The molecule has 4 aliphatic rings. The van der Waals surface area contributed by atoms with Gasteiger partial charge in [0.05, 0.1) is 11.0 Å². The topological polar surface area (TPSA) is 60.2 Å². The molecular formula is C17H31NO2S. The van der Waals surface area contributed by atoms with Gasteiger partial charge in [0.1, 0.15) is 0 Å². The van der Waals surface area contributed by atoms with Crippen LogP contribution in [0.4, 0.5) is 0 Å². The molecule has 0 radical (unpaired) electrons. The molecule has 0 amide bonds. The largest absolute Gasteiger partial charge is 0.326 e. The predicted octanol–water partition coefficient (Wildman–Crippen LogP) is 2.99. The fourth-order valence-corrected chi connectivity index (χ4v) is 7.61. The summed E-state index contributed by atoms with van der Waals surface area (Å²) < 4.78 is 25.2. The smallest absolute Gasteiger partial charge is 0.154 e. The summed E-state index contributed by atoms with van der Waals surface area (Å²) in [5, 5.41) is -0.280. The molecule has 0 saturated heterocycles. The summed E-state index contributed by atoms with van der Waals surface area (Å²) in [7, 11) is -3.08. The van der Waals surface area contributed by atoms with Crippen LogP contribution in [0.15, 0.2) is 0 Å². The molecule has 4 saturated carbocycles. The van der Waals surface area contributed by atoms with Crippen LogP contribution < -0.4 is 5.73 Å². The first-order valence-corrected chi connectivity index (χ1v) is 10.4.